The molecule has 1 rings (SSSR count). The van der Waals surface area contributed by atoms with Crippen LogP contribution < -0.4 is 11.1 Å². The fourth-order valence-electron chi connectivity index (χ4n) is 0.868. The number of hydrogen-bond donors (Lipinski definition) is 3. The molecule has 1 heterocycles. The molecule has 0 aliphatic heterocycles. The molecule has 0 aromatic carbocycles. The minimum atomic E-state index is -1.17. The monoisotopic (exact) mass is 191 g/mol. The van der Waals surface area contributed by atoms with Gasteiger partial charge in [-0.25, -0.2) is 9.78 Å². The molecule has 14 heavy (non-hydrogen) atoms. The predicted molar refractivity (Wildman–Crippen MR) is 52.8 cm³/mol. The number of pyridine rings is 1. The van der Waals surface area contributed by atoms with Crippen LogP contribution in [0.25, 0.3) is 0 Å². The van der Waals surface area contributed by atoms with E-state index >= 15 is 0 Å². The molecule has 0 aliphatic carbocycles. The van der Waals surface area contributed by atoms with E-state index in [9.17, 15) is 4.79 Å². The van der Waals surface area contributed by atoms with Crippen molar-refractivity contribution in [1.29, 1.82) is 0 Å². The van der Waals surface area contributed by atoms with Crippen molar-refractivity contribution in [3.8, 4) is 11.8 Å². The lowest BCUT2D eigenvalue weighted by atomic mass is 10.3. The Balaban J connectivity index is 3.04. The molecule has 0 bridgehead atoms. The zero-order valence-electron chi connectivity index (χ0n) is 7.53. The normalized spacial score (nSPS) is 8.64. The maximum Gasteiger partial charge on any atom is 0.410 e. The van der Waals surface area contributed by atoms with E-state index in [1.165, 1.54) is 6.07 Å². The molecule has 0 unspecified atom stereocenters. The van der Waals surface area contributed by atoms with Gasteiger partial charge in [0.2, 0.25) is 0 Å². The predicted octanol–water partition coefficient (Wildman–Crippen LogP) is 1.13. The Morgan fingerprint density at radius 2 is 2.36 bits per heavy atom. The number of anilines is 2. The summed E-state index contributed by atoms with van der Waals surface area (Å²) >= 11 is 0. The van der Waals surface area contributed by atoms with Gasteiger partial charge in [0.1, 0.15) is 11.5 Å². The summed E-state index contributed by atoms with van der Waals surface area (Å²) in [5, 5.41) is 10.6. The average Bonchev–Trinajstić information content (AvgIpc) is 2.10. The van der Waals surface area contributed by atoms with Crippen LogP contribution in [-0.4, -0.2) is 16.2 Å². The highest BCUT2D eigenvalue weighted by Gasteiger charge is 2.02. The first-order chi connectivity index (χ1) is 6.63. The van der Waals surface area contributed by atoms with Crippen LogP contribution in [0.5, 0.6) is 0 Å². The summed E-state index contributed by atoms with van der Waals surface area (Å²) in [6, 6.07) is 3.03. The number of carboxylic acid groups (broad SMARTS) is 1. The van der Waals surface area contributed by atoms with E-state index in [0.29, 0.717) is 11.4 Å². The number of nitrogens with one attached hydrogen (secondary N) is 1. The maximum atomic E-state index is 10.3. The van der Waals surface area contributed by atoms with Gasteiger partial charge in [0.15, 0.2) is 0 Å². The van der Waals surface area contributed by atoms with Crippen LogP contribution in [0.2, 0.25) is 0 Å². The van der Waals surface area contributed by atoms with Crippen molar-refractivity contribution in [2.45, 2.75) is 6.92 Å². The fraction of sp³-hybridized carbons (Fsp3) is 0.111. The number of aromatic nitrogens is 1. The lowest BCUT2D eigenvalue weighted by molar-refractivity contribution is 0.209. The van der Waals surface area contributed by atoms with Gasteiger partial charge in [-0.1, -0.05) is 5.92 Å². The number of amides is 1. The average molecular weight is 191 g/mol. The van der Waals surface area contributed by atoms with Crippen LogP contribution in [0.3, 0.4) is 0 Å². The van der Waals surface area contributed by atoms with Crippen molar-refractivity contribution in [3.05, 3.63) is 17.8 Å². The molecule has 0 fully saturated rings. The second-order valence-corrected chi connectivity index (χ2v) is 2.44. The maximum absolute atomic E-state index is 10.3. The van der Waals surface area contributed by atoms with Gasteiger partial charge in [-0.15, -0.1) is 0 Å². The highest BCUT2D eigenvalue weighted by Crippen LogP contribution is 2.11. The third-order valence-electron chi connectivity index (χ3n) is 1.40. The van der Waals surface area contributed by atoms with Crippen molar-refractivity contribution in [3.63, 3.8) is 0 Å². The summed E-state index contributed by atoms with van der Waals surface area (Å²) in [6.45, 7) is 1.65. The minimum Gasteiger partial charge on any atom is -0.465 e. The standard InChI is InChI=1S/C9H9N3O2/c1-2-3-7-6(10)4-5-8(11-7)12-9(13)14/h4-5H,10H2,1H3,(H,11,12)(H,13,14). The topological polar surface area (TPSA) is 88.2 Å². The van der Waals surface area contributed by atoms with E-state index in [1.807, 2.05) is 0 Å². The van der Waals surface area contributed by atoms with Crippen LogP contribution in [0, 0.1) is 11.8 Å². The Morgan fingerprint density at radius 3 is 2.93 bits per heavy atom. The first-order valence-corrected chi connectivity index (χ1v) is 3.82. The first kappa shape index (κ1) is 9.86. The van der Waals surface area contributed by atoms with Gasteiger partial charge in [0, 0.05) is 0 Å². The van der Waals surface area contributed by atoms with Crippen molar-refractivity contribution < 1.29 is 9.90 Å². The highest BCUT2D eigenvalue weighted by atomic mass is 16.4. The van der Waals surface area contributed by atoms with Gasteiger partial charge in [-0.05, 0) is 25.0 Å². The molecule has 4 N–H and O–H groups in total. The van der Waals surface area contributed by atoms with E-state index in [2.05, 4.69) is 22.1 Å². The van der Waals surface area contributed by atoms with Gasteiger partial charge >= 0.3 is 6.09 Å². The lowest BCUT2D eigenvalue weighted by Gasteiger charge is -2.02. The second kappa shape index (κ2) is 4.14. The van der Waals surface area contributed by atoms with Crippen LogP contribution in [-0.2, 0) is 0 Å². The van der Waals surface area contributed by atoms with Crippen LogP contribution in [0.1, 0.15) is 12.6 Å². The Labute approximate surface area is 81.0 Å². The number of nitrogens with zero attached hydrogens (tertiary/aromatic N) is 1. The molecule has 72 valence electrons. The SMILES string of the molecule is CC#Cc1nc(NC(=O)O)ccc1N. The lowest BCUT2D eigenvalue weighted by Crippen LogP contribution is -2.09. The fourth-order valence-corrected chi connectivity index (χ4v) is 0.868. The molecule has 0 atom stereocenters. The largest absolute Gasteiger partial charge is 0.465 e. The van der Waals surface area contributed by atoms with Crippen molar-refractivity contribution in [2.24, 2.45) is 0 Å². The molecule has 0 saturated heterocycles. The summed E-state index contributed by atoms with van der Waals surface area (Å²) in [5.74, 6) is 5.52. The summed E-state index contributed by atoms with van der Waals surface area (Å²) in [7, 11) is 0. The quantitative estimate of drug-likeness (QED) is 0.580. The Bertz CT molecular complexity index is 418. The Hall–Kier alpha value is -2.22. The first-order valence-electron chi connectivity index (χ1n) is 3.82. The van der Waals surface area contributed by atoms with E-state index < -0.39 is 6.09 Å². The van der Waals surface area contributed by atoms with Crippen LogP contribution >= 0.6 is 0 Å². The van der Waals surface area contributed by atoms with Gasteiger partial charge in [-0.3, -0.25) is 5.32 Å². The number of nitrogens with two attached hydrogens (primary N) is 1. The van der Waals surface area contributed by atoms with Crippen molar-refractivity contribution >= 4 is 17.6 Å². The zero-order valence-corrected chi connectivity index (χ0v) is 7.53. The van der Waals surface area contributed by atoms with E-state index in [0.717, 1.165) is 0 Å². The van der Waals surface area contributed by atoms with Gasteiger partial charge in [-0.2, -0.15) is 0 Å². The van der Waals surface area contributed by atoms with Gasteiger partial charge in [0.25, 0.3) is 0 Å². The summed E-state index contributed by atoms with van der Waals surface area (Å²) in [6.07, 6.45) is -1.17. The number of hydrogen-bond acceptors (Lipinski definition) is 3. The zero-order chi connectivity index (χ0) is 10.6. The van der Waals surface area contributed by atoms with Crippen LogP contribution in [0.4, 0.5) is 16.3 Å². The second-order valence-electron chi connectivity index (χ2n) is 2.44. The molecule has 1 amide bonds. The smallest absolute Gasteiger partial charge is 0.410 e. The minimum absolute atomic E-state index is 0.212. The number of rotatable bonds is 1. The summed E-state index contributed by atoms with van der Waals surface area (Å²) in [4.78, 5) is 14.2. The van der Waals surface area contributed by atoms with E-state index in [-0.39, 0.29) is 5.82 Å². The van der Waals surface area contributed by atoms with Gasteiger partial charge in [0.05, 0.1) is 5.69 Å². The van der Waals surface area contributed by atoms with Gasteiger partial charge < -0.3 is 10.8 Å². The molecule has 0 radical (unpaired) electrons. The Morgan fingerprint density at radius 1 is 1.64 bits per heavy atom. The molecule has 0 spiro atoms. The van der Waals surface area contributed by atoms with Crippen molar-refractivity contribution in [1.82, 2.24) is 4.98 Å². The summed E-state index contributed by atoms with van der Waals surface area (Å²) in [5.41, 5.74) is 6.37. The molecule has 1 aromatic rings. The molecule has 5 nitrogen and oxygen atoms in total. The highest BCUT2D eigenvalue weighted by molar-refractivity contribution is 5.81. The molecule has 0 saturated carbocycles. The number of nitrogen functional groups attached to an aromatic ring is 1. The summed E-state index contributed by atoms with van der Waals surface area (Å²) < 4.78 is 0. The molecule has 5 heteroatoms. The number of carbonyl (C=O) groups is 1. The molecular weight excluding hydrogens is 182 g/mol. The Kier molecular flexibility index (Phi) is 2.92. The molecular formula is C9H9N3O2. The molecule has 1 aromatic heterocycles. The van der Waals surface area contributed by atoms with Crippen molar-refractivity contribution in [2.75, 3.05) is 11.1 Å². The van der Waals surface area contributed by atoms with E-state index in [4.69, 9.17) is 10.8 Å². The molecule has 0 aliphatic rings. The van der Waals surface area contributed by atoms with E-state index in [1.54, 1.807) is 13.0 Å². The third kappa shape index (κ3) is 2.38. The van der Waals surface area contributed by atoms with Crippen LogP contribution in [0.15, 0.2) is 12.1 Å². The third-order valence-corrected chi connectivity index (χ3v) is 1.40.